The molecule has 16 heavy (non-hydrogen) atoms. The number of nitrogens with one attached hydrogen (secondary N) is 1. The second-order valence-corrected chi connectivity index (χ2v) is 3.95. The Hall–Kier alpha value is -1.55. The molecule has 0 bridgehead atoms. The molecule has 0 aliphatic heterocycles. The largest absolute Gasteiger partial charge is 0.469 e. The van der Waals surface area contributed by atoms with Crippen LogP contribution in [0.5, 0.6) is 0 Å². The van der Waals surface area contributed by atoms with E-state index in [2.05, 4.69) is 17.3 Å². The van der Waals surface area contributed by atoms with Crippen molar-refractivity contribution in [1.82, 2.24) is 15.1 Å². The van der Waals surface area contributed by atoms with Gasteiger partial charge >= 0.3 is 0 Å². The van der Waals surface area contributed by atoms with E-state index >= 15 is 0 Å². The van der Waals surface area contributed by atoms with Crippen LogP contribution in [0, 0.1) is 0 Å². The Morgan fingerprint density at radius 2 is 2.44 bits per heavy atom. The molecule has 0 aromatic carbocycles. The molecule has 0 fully saturated rings. The maximum Gasteiger partial charge on any atom is 0.105 e. The first-order chi connectivity index (χ1) is 7.75. The predicted octanol–water partition coefficient (Wildman–Crippen LogP) is 1.91. The second-order valence-electron chi connectivity index (χ2n) is 3.95. The van der Waals surface area contributed by atoms with Crippen molar-refractivity contribution in [3.8, 4) is 0 Å². The minimum atomic E-state index is 0.323. The molecule has 1 atom stereocenters. The molecule has 2 heterocycles. The van der Waals surface area contributed by atoms with E-state index in [-0.39, 0.29) is 0 Å². The lowest BCUT2D eigenvalue weighted by Crippen LogP contribution is -2.20. The van der Waals surface area contributed by atoms with E-state index in [1.165, 1.54) is 5.56 Å². The SMILES string of the molecule is CC(NCCc1ccco1)c1cnn(C)c1. The summed E-state index contributed by atoms with van der Waals surface area (Å²) in [6.07, 6.45) is 6.55. The van der Waals surface area contributed by atoms with Crippen molar-refractivity contribution in [3.63, 3.8) is 0 Å². The van der Waals surface area contributed by atoms with Crippen LogP contribution in [0.3, 0.4) is 0 Å². The number of furan rings is 1. The van der Waals surface area contributed by atoms with Gasteiger partial charge in [0.1, 0.15) is 5.76 Å². The Balaban J connectivity index is 1.78. The van der Waals surface area contributed by atoms with Crippen LogP contribution in [0.4, 0.5) is 0 Å². The Morgan fingerprint density at radius 3 is 3.06 bits per heavy atom. The van der Waals surface area contributed by atoms with Crippen LogP contribution in [-0.4, -0.2) is 16.3 Å². The number of aryl methyl sites for hydroxylation is 1. The third-order valence-corrected chi connectivity index (χ3v) is 2.63. The quantitative estimate of drug-likeness (QED) is 0.835. The number of nitrogens with zero attached hydrogens (tertiary/aromatic N) is 2. The van der Waals surface area contributed by atoms with Gasteiger partial charge in [0, 0.05) is 37.8 Å². The van der Waals surface area contributed by atoms with Crippen molar-refractivity contribution in [2.45, 2.75) is 19.4 Å². The number of hydrogen-bond acceptors (Lipinski definition) is 3. The van der Waals surface area contributed by atoms with Crippen LogP contribution >= 0.6 is 0 Å². The lowest BCUT2D eigenvalue weighted by molar-refractivity contribution is 0.486. The summed E-state index contributed by atoms with van der Waals surface area (Å²) in [5.74, 6) is 1.02. The minimum absolute atomic E-state index is 0.323. The fourth-order valence-corrected chi connectivity index (χ4v) is 1.65. The van der Waals surface area contributed by atoms with Crippen LogP contribution in [0.2, 0.25) is 0 Å². The van der Waals surface area contributed by atoms with Gasteiger partial charge in [0.05, 0.1) is 12.5 Å². The molecule has 86 valence electrons. The summed E-state index contributed by atoms with van der Waals surface area (Å²) < 4.78 is 7.09. The van der Waals surface area contributed by atoms with Gasteiger partial charge in [-0.05, 0) is 19.1 Å². The molecule has 1 unspecified atom stereocenters. The number of hydrogen-bond donors (Lipinski definition) is 1. The van der Waals surface area contributed by atoms with Gasteiger partial charge in [0.2, 0.25) is 0 Å². The molecule has 0 aliphatic rings. The summed E-state index contributed by atoms with van der Waals surface area (Å²) in [5, 5.41) is 7.59. The van der Waals surface area contributed by atoms with E-state index in [1.54, 1.807) is 6.26 Å². The summed E-state index contributed by atoms with van der Waals surface area (Å²) in [6, 6.07) is 4.24. The van der Waals surface area contributed by atoms with Gasteiger partial charge in [-0.15, -0.1) is 0 Å². The molecule has 0 spiro atoms. The van der Waals surface area contributed by atoms with Crippen molar-refractivity contribution in [2.24, 2.45) is 7.05 Å². The summed E-state index contributed by atoms with van der Waals surface area (Å²) in [7, 11) is 1.93. The third-order valence-electron chi connectivity index (χ3n) is 2.63. The van der Waals surface area contributed by atoms with Gasteiger partial charge in [-0.1, -0.05) is 0 Å². The van der Waals surface area contributed by atoms with Gasteiger partial charge in [0.15, 0.2) is 0 Å². The van der Waals surface area contributed by atoms with E-state index in [0.29, 0.717) is 6.04 Å². The standard InChI is InChI=1S/C12H17N3O/c1-10(11-8-14-15(2)9-11)13-6-5-12-4-3-7-16-12/h3-4,7-10,13H,5-6H2,1-2H3. The van der Waals surface area contributed by atoms with Crippen molar-refractivity contribution < 1.29 is 4.42 Å². The highest BCUT2D eigenvalue weighted by Gasteiger charge is 2.06. The Morgan fingerprint density at radius 1 is 1.56 bits per heavy atom. The van der Waals surface area contributed by atoms with Gasteiger partial charge in [-0.2, -0.15) is 5.10 Å². The molecule has 1 N–H and O–H groups in total. The van der Waals surface area contributed by atoms with Crippen LogP contribution in [-0.2, 0) is 13.5 Å². The zero-order valence-corrected chi connectivity index (χ0v) is 9.68. The maximum atomic E-state index is 5.27. The summed E-state index contributed by atoms with van der Waals surface area (Å²) in [5.41, 5.74) is 1.21. The minimum Gasteiger partial charge on any atom is -0.469 e. The van der Waals surface area contributed by atoms with Crippen LogP contribution < -0.4 is 5.32 Å². The first kappa shape index (κ1) is 11.0. The highest BCUT2D eigenvalue weighted by Crippen LogP contribution is 2.10. The average molecular weight is 219 g/mol. The molecule has 0 aliphatic carbocycles. The van der Waals surface area contributed by atoms with Crippen LogP contribution in [0.1, 0.15) is 24.3 Å². The molecule has 4 nitrogen and oxygen atoms in total. The van der Waals surface area contributed by atoms with E-state index in [9.17, 15) is 0 Å². The molecule has 2 aromatic heterocycles. The maximum absolute atomic E-state index is 5.27. The Kier molecular flexibility index (Phi) is 3.41. The molecule has 2 aromatic rings. The monoisotopic (exact) mass is 219 g/mol. The predicted molar refractivity (Wildman–Crippen MR) is 62.0 cm³/mol. The Bertz CT molecular complexity index is 419. The average Bonchev–Trinajstić information content (AvgIpc) is 2.89. The summed E-state index contributed by atoms with van der Waals surface area (Å²) in [4.78, 5) is 0. The first-order valence-corrected chi connectivity index (χ1v) is 5.50. The highest BCUT2D eigenvalue weighted by atomic mass is 16.3. The summed E-state index contributed by atoms with van der Waals surface area (Å²) in [6.45, 7) is 3.04. The second kappa shape index (κ2) is 4.99. The van der Waals surface area contributed by atoms with Crippen LogP contribution in [0.25, 0.3) is 0 Å². The molecule has 4 heteroatoms. The zero-order valence-electron chi connectivity index (χ0n) is 9.68. The fraction of sp³-hybridized carbons (Fsp3) is 0.417. The van der Waals surface area contributed by atoms with Gasteiger partial charge < -0.3 is 9.73 Å². The number of rotatable bonds is 5. The lowest BCUT2D eigenvalue weighted by atomic mass is 10.2. The summed E-state index contributed by atoms with van der Waals surface area (Å²) >= 11 is 0. The molecule has 0 saturated carbocycles. The molecule has 0 radical (unpaired) electrons. The van der Waals surface area contributed by atoms with Gasteiger partial charge in [-0.3, -0.25) is 4.68 Å². The van der Waals surface area contributed by atoms with E-state index < -0.39 is 0 Å². The van der Waals surface area contributed by atoms with Crippen molar-refractivity contribution in [2.75, 3.05) is 6.54 Å². The van der Waals surface area contributed by atoms with Gasteiger partial charge in [-0.25, -0.2) is 0 Å². The van der Waals surface area contributed by atoms with E-state index in [0.717, 1.165) is 18.7 Å². The fourth-order valence-electron chi connectivity index (χ4n) is 1.65. The third kappa shape index (κ3) is 2.73. The van der Waals surface area contributed by atoms with Crippen LogP contribution in [0.15, 0.2) is 35.2 Å². The smallest absolute Gasteiger partial charge is 0.105 e. The molecular formula is C12H17N3O. The van der Waals surface area contributed by atoms with Crippen molar-refractivity contribution >= 4 is 0 Å². The van der Waals surface area contributed by atoms with Crippen molar-refractivity contribution in [3.05, 3.63) is 42.1 Å². The zero-order chi connectivity index (χ0) is 11.4. The lowest BCUT2D eigenvalue weighted by Gasteiger charge is -2.10. The highest BCUT2D eigenvalue weighted by molar-refractivity contribution is 5.09. The van der Waals surface area contributed by atoms with E-state index in [1.807, 2.05) is 36.3 Å². The van der Waals surface area contributed by atoms with E-state index in [4.69, 9.17) is 4.42 Å². The molecule has 2 rings (SSSR count). The Labute approximate surface area is 95.3 Å². The molecular weight excluding hydrogens is 202 g/mol. The molecule has 0 amide bonds. The van der Waals surface area contributed by atoms with Crippen molar-refractivity contribution in [1.29, 1.82) is 0 Å². The first-order valence-electron chi connectivity index (χ1n) is 5.50. The normalized spacial score (nSPS) is 12.9. The number of aromatic nitrogens is 2. The van der Waals surface area contributed by atoms with Gasteiger partial charge in [0.25, 0.3) is 0 Å². The topological polar surface area (TPSA) is 43.0 Å². The molecule has 0 saturated heterocycles.